The van der Waals surface area contributed by atoms with Crippen molar-refractivity contribution in [2.75, 3.05) is 18.8 Å². The Morgan fingerprint density at radius 2 is 1.79 bits per heavy atom. The van der Waals surface area contributed by atoms with Crippen molar-refractivity contribution in [1.82, 2.24) is 4.90 Å². The summed E-state index contributed by atoms with van der Waals surface area (Å²) < 4.78 is 37.5. The molecule has 0 aliphatic carbocycles. The number of benzene rings is 1. The second kappa shape index (κ2) is 5.11. The molecule has 0 unspecified atom stereocenters. The number of likely N-dealkylation sites (tertiary alicyclic amines) is 1. The van der Waals surface area contributed by atoms with E-state index in [4.69, 9.17) is 5.73 Å². The van der Waals surface area contributed by atoms with Gasteiger partial charge < -0.3 is 10.6 Å². The van der Waals surface area contributed by atoms with Crippen LogP contribution in [0.1, 0.15) is 35.2 Å². The quantitative estimate of drug-likeness (QED) is 0.799. The molecule has 6 heteroatoms. The van der Waals surface area contributed by atoms with E-state index >= 15 is 0 Å². The first kappa shape index (κ1) is 13.7. The standard InChI is InChI=1S/C13H15F3N2O/c14-13(15,16)9-4-5-10(11(17)8-9)12(19)18-6-2-1-3-7-18/h4-5,8H,1-3,6-7,17H2. The molecule has 0 saturated carbocycles. The summed E-state index contributed by atoms with van der Waals surface area (Å²) in [6.45, 7) is 1.28. The number of piperidine rings is 1. The van der Waals surface area contributed by atoms with Gasteiger partial charge in [-0.05, 0) is 37.5 Å². The van der Waals surface area contributed by atoms with Crippen LogP contribution in [0.5, 0.6) is 0 Å². The third-order valence-electron chi connectivity index (χ3n) is 3.25. The van der Waals surface area contributed by atoms with Crippen LogP contribution in [-0.4, -0.2) is 23.9 Å². The smallest absolute Gasteiger partial charge is 0.398 e. The molecule has 2 N–H and O–H groups in total. The zero-order valence-corrected chi connectivity index (χ0v) is 10.3. The van der Waals surface area contributed by atoms with E-state index in [1.807, 2.05) is 0 Å². The lowest BCUT2D eigenvalue weighted by Crippen LogP contribution is -2.36. The third-order valence-corrected chi connectivity index (χ3v) is 3.25. The van der Waals surface area contributed by atoms with Gasteiger partial charge in [0.05, 0.1) is 11.1 Å². The van der Waals surface area contributed by atoms with E-state index in [1.54, 1.807) is 4.90 Å². The van der Waals surface area contributed by atoms with Crippen molar-refractivity contribution >= 4 is 11.6 Å². The Morgan fingerprint density at radius 1 is 1.16 bits per heavy atom. The van der Waals surface area contributed by atoms with E-state index < -0.39 is 11.7 Å². The molecular formula is C13H15F3N2O. The number of anilines is 1. The molecule has 104 valence electrons. The predicted molar refractivity (Wildman–Crippen MR) is 65.6 cm³/mol. The molecule has 0 spiro atoms. The normalized spacial score (nSPS) is 16.5. The average molecular weight is 272 g/mol. The predicted octanol–water partition coefficient (Wildman–Crippen LogP) is 2.91. The molecular weight excluding hydrogens is 257 g/mol. The first-order valence-electron chi connectivity index (χ1n) is 6.15. The molecule has 1 aliphatic heterocycles. The van der Waals surface area contributed by atoms with Gasteiger partial charge in [0.1, 0.15) is 0 Å². The highest BCUT2D eigenvalue weighted by atomic mass is 19.4. The topological polar surface area (TPSA) is 46.3 Å². The lowest BCUT2D eigenvalue weighted by Gasteiger charge is -2.27. The molecule has 1 amide bonds. The van der Waals surface area contributed by atoms with Crippen molar-refractivity contribution < 1.29 is 18.0 Å². The second-order valence-electron chi connectivity index (χ2n) is 4.65. The number of halogens is 3. The Morgan fingerprint density at radius 3 is 2.32 bits per heavy atom. The summed E-state index contributed by atoms with van der Waals surface area (Å²) >= 11 is 0. The fraction of sp³-hybridized carbons (Fsp3) is 0.462. The van der Waals surface area contributed by atoms with Crippen LogP contribution in [0.3, 0.4) is 0 Å². The molecule has 1 aromatic rings. The van der Waals surface area contributed by atoms with E-state index in [0.717, 1.165) is 37.5 Å². The first-order valence-corrected chi connectivity index (χ1v) is 6.15. The second-order valence-corrected chi connectivity index (χ2v) is 4.65. The number of alkyl halides is 3. The number of nitrogens with zero attached hydrogens (tertiary/aromatic N) is 1. The van der Waals surface area contributed by atoms with Crippen LogP contribution in [0.25, 0.3) is 0 Å². The summed E-state index contributed by atoms with van der Waals surface area (Å²) in [7, 11) is 0. The molecule has 1 saturated heterocycles. The molecule has 1 aromatic carbocycles. The van der Waals surface area contributed by atoms with Crippen LogP contribution < -0.4 is 5.73 Å². The fourth-order valence-electron chi connectivity index (χ4n) is 2.20. The minimum Gasteiger partial charge on any atom is -0.398 e. The van der Waals surface area contributed by atoms with E-state index in [1.165, 1.54) is 0 Å². The van der Waals surface area contributed by atoms with Gasteiger partial charge in [-0.1, -0.05) is 0 Å². The molecule has 0 atom stereocenters. The third kappa shape index (κ3) is 3.00. The summed E-state index contributed by atoms with van der Waals surface area (Å²) in [4.78, 5) is 13.8. The van der Waals surface area contributed by atoms with Gasteiger partial charge in [-0.2, -0.15) is 13.2 Å². The van der Waals surface area contributed by atoms with Gasteiger partial charge in [0, 0.05) is 18.8 Å². The minimum atomic E-state index is -4.44. The van der Waals surface area contributed by atoms with Crippen LogP contribution in [0.15, 0.2) is 18.2 Å². The Kier molecular flexibility index (Phi) is 3.68. The Bertz CT molecular complexity index is 479. The zero-order valence-electron chi connectivity index (χ0n) is 10.3. The Hall–Kier alpha value is -1.72. The number of rotatable bonds is 1. The Balaban J connectivity index is 2.23. The van der Waals surface area contributed by atoms with Crippen molar-refractivity contribution in [3.05, 3.63) is 29.3 Å². The van der Waals surface area contributed by atoms with Gasteiger partial charge in [0.25, 0.3) is 5.91 Å². The largest absolute Gasteiger partial charge is 0.416 e. The summed E-state index contributed by atoms with van der Waals surface area (Å²) in [5.41, 5.74) is 4.77. The lowest BCUT2D eigenvalue weighted by molar-refractivity contribution is -0.137. The Labute approximate surface area is 109 Å². The summed E-state index contributed by atoms with van der Waals surface area (Å²) in [6.07, 6.45) is -1.52. The number of nitrogen functional groups attached to an aromatic ring is 1. The lowest BCUT2D eigenvalue weighted by atomic mass is 10.1. The molecule has 2 rings (SSSR count). The van der Waals surface area contributed by atoms with Gasteiger partial charge in [0.2, 0.25) is 0 Å². The number of hydrogen-bond donors (Lipinski definition) is 1. The molecule has 0 aromatic heterocycles. The minimum absolute atomic E-state index is 0.120. The highest BCUT2D eigenvalue weighted by molar-refractivity contribution is 5.99. The average Bonchev–Trinajstić information content (AvgIpc) is 2.38. The van der Waals surface area contributed by atoms with E-state index in [-0.39, 0.29) is 17.2 Å². The van der Waals surface area contributed by atoms with Crippen molar-refractivity contribution in [2.24, 2.45) is 0 Å². The molecule has 1 fully saturated rings. The van der Waals surface area contributed by atoms with E-state index in [2.05, 4.69) is 0 Å². The summed E-state index contributed by atoms with van der Waals surface area (Å²) in [5.74, 6) is -0.286. The summed E-state index contributed by atoms with van der Waals surface area (Å²) in [5, 5.41) is 0. The highest BCUT2D eigenvalue weighted by Gasteiger charge is 2.31. The van der Waals surface area contributed by atoms with Gasteiger partial charge in [-0.15, -0.1) is 0 Å². The van der Waals surface area contributed by atoms with Crippen LogP contribution in [0.4, 0.5) is 18.9 Å². The van der Waals surface area contributed by atoms with Crippen molar-refractivity contribution in [3.8, 4) is 0 Å². The maximum atomic E-state index is 12.5. The molecule has 0 bridgehead atoms. The fourth-order valence-corrected chi connectivity index (χ4v) is 2.20. The maximum absolute atomic E-state index is 12.5. The van der Waals surface area contributed by atoms with E-state index in [9.17, 15) is 18.0 Å². The molecule has 19 heavy (non-hydrogen) atoms. The number of carbonyl (C=O) groups excluding carboxylic acids is 1. The summed E-state index contributed by atoms with van der Waals surface area (Å²) in [6, 6.07) is 2.87. The number of amides is 1. The molecule has 1 aliphatic rings. The van der Waals surface area contributed by atoms with Crippen LogP contribution >= 0.6 is 0 Å². The van der Waals surface area contributed by atoms with Gasteiger partial charge in [-0.3, -0.25) is 4.79 Å². The number of nitrogens with two attached hydrogens (primary N) is 1. The van der Waals surface area contributed by atoms with Crippen LogP contribution in [0.2, 0.25) is 0 Å². The first-order chi connectivity index (χ1) is 8.89. The maximum Gasteiger partial charge on any atom is 0.416 e. The highest BCUT2D eigenvalue weighted by Crippen LogP contribution is 2.31. The molecule has 1 heterocycles. The van der Waals surface area contributed by atoms with Gasteiger partial charge in [0.15, 0.2) is 0 Å². The van der Waals surface area contributed by atoms with Crippen molar-refractivity contribution in [2.45, 2.75) is 25.4 Å². The molecule has 3 nitrogen and oxygen atoms in total. The van der Waals surface area contributed by atoms with Crippen LogP contribution in [0, 0.1) is 0 Å². The van der Waals surface area contributed by atoms with Crippen LogP contribution in [-0.2, 0) is 6.18 Å². The van der Waals surface area contributed by atoms with E-state index in [0.29, 0.717) is 13.1 Å². The number of carbonyl (C=O) groups is 1. The van der Waals surface area contributed by atoms with Crippen molar-refractivity contribution in [1.29, 1.82) is 0 Å². The zero-order chi connectivity index (χ0) is 14.0. The van der Waals surface area contributed by atoms with Crippen molar-refractivity contribution in [3.63, 3.8) is 0 Å². The van der Waals surface area contributed by atoms with Gasteiger partial charge >= 0.3 is 6.18 Å². The molecule has 0 radical (unpaired) electrons. The number of hydrogen-bond acceptors (Lipinski definition) is 2. The SMILES string of the molecule is Nc1cc(C(F)(F)F)ccc1C(=O)N1CCCCC1. The van der Waals surface area contributed by atoms with Gasteiger partial charge in [-0.25, -0.2) is 0 Å². The monoisotopic (exact) mass is 272 g/mol.